The van der Waals surface area contributed by atoms with Gasteiger partial charge in [-0.1, -0.05) is 109 Å². The van der Waals surface area contributed by atoms with Crippen molar-refractivity contribution in [3.05, 3.63) is 193 Å². The SMILES string of the molecule is O=C1OC(=O)c2c(-c3ccc(N(c4ccccc4)c4ccccc4)cc3)ccc(-c3ccc(N(c4ccccc4)c4ccccc4)cc3)c21. The summed E-state index contributed by atoms with van der Waals surface area (Å²) in [7, 11) is 0. The number of benzene rings is 7. The Hall–Kier alpha value is -6.72. The van der Waals surface area contributed by atoms with Crippen LogP contribution in [0.15, 0.2) is 182 Å². The van der Waals surface area contributed by atoms with Crippen molar-refractivity contribution in [2.75, 3.05) is 9.80 Å². The highest BCUT2D eigenvalue weighted by Crippen LogP contribution is 2.41. The van der Waals surface area contributed by atoms with Crippen molar-refractivity contribution >= 4 is 46.1 Å². The number of cyclic esters (lactones) is 2. The van der Waals surface area contributed by atoms with Crippen LogP contribution in [-0.4, -0.2) is 11.9 Å². The molecule has 0 saturated heterocycles. The molecule has 0 aliphatic carbocycles. The first kappa shape index (κ1) is 29.7. The second-order valence-corrected chi connectivity index (χ2v) is 11.7. The average Bonchev–Trinajstić information content (AvgIpc) is 3.47. The van der Waals surface area contributed by atoms with Gasteiger partial charge in [-0.25, -0.2) is 9.59 Å². The zero-order chi connectivity index (χ0) is 33.2. The van der Waals surface area contributed by atoms with Crippen molar-refractivity contribution in [1.29, 1.82) is 0 Å². The van der Waals surface area contributed by atoms with Crippen molar-refractivity contribution in [2.24, 2.45) is 0 Å². The molecular formula is C44H30N2O3. The third kappa shape index (κ3) is 5.64. The fraction of sp³-hybridized carbons (Fsp3) is 0. The Morgan fingerprint density at radius 2 is 0.571 bits per heavy atom. The second-order valence-electron chi connectivity index (χ2n) is 11.7. The molecule has 8 rings (SSSR count). The second kappa shape index (κ2) is 12.8. The molecule has 1 heterocycles. The van der Waals surface area contributed by atoms with Crippen molar-refractivity contribution in [3.63, 3.8) is 0 Å². The van der Waals surface area contributed by atoms with Crippen molar-refractivity contribution in [1.82, 2.24) is 0 Å². The molecule has 0 bridgehead atoms. The first-order valence-electron chi connectivity index (χ1n) is 16.1. The van der Waals surface area contributed by atoms with Crippen LogP contribution in [0.25, 0.3) is 22.3 Å². The summed E-state index contributed by atoms with van der Waals surface area (Å²) < 4.78 is 5.22. The van der Waals surface area contributed by atoms with E-state index in [0.717, 1.165) is 45.3 Å². The first-order valence-corrected chi connectivity index (χ1v) is 16.1. The molecule has 7 aromatic rings. The van der Waals surface area contributed by atoms with Crippen LogP contribution in [0.1, 0.15) is 20.7 Å². The van der Waals surface area contributed by atoms with Gasteiger partial charge in [0, 0.05) is 34.1 Å². The molecular weight excluding hydrogens is 604 g/mol. The fourth-order valence-corrected chi connectivity index (χ4v) is 6.48. The molecule has 1 aliphatic heterocycles. The number of carbonyl (C=O) groups is 2. The molecule has 49 heavy (non-hydrogen) atoms. The van der Waals surface area contributed by atoms with E-state index in [0.29, 0.717) is 11.1 Å². The van der Waals surface area contributed by atoms with Gasteiger partial charge in [-0.05, 0) is 95.1 Å². The van der Waals surface area contributed by atoms with E-state index in [9.17, 15) is 9.59 Å². The van der Waals surface area contributed by atoms with Gasteiger partial charge in [-0.3, -0.25) is 0 Å². The van der Waals surface area contributed by atoms with E-state index in [1.807, 2.05) is 133 Å². The number of fused-ring (bicyclic) bond motifs is 1. The lowest BCUT2D eigenvalue weighted by molar-refractivity contribution is 0.0444. The Morgan fingerprint density at radius 3 is 0.857 bits per heavy atom. The van der Waals surface area contributed by atoms with Crippen LogP contribution in [0.3, 0.4) is 0 Å². The Morgan fingerprint density at radius 1 is 0.306 bits per heavy atom. The van der Waals surface area contributed by atoms with E-state index in [2.05, 4.69) is 58.3 Å². The molecule has 0 saturated carbocycles. The van der Waals surface area contributed by atoms with Crippen LogP contribution in [0.4, 0.5) is 34.1 Å². The lowest BCUT2D eigenvalue weighted by Crippen LogP contribution is -2.09. The van der Waals surface area contributed by atoms with E-state index in [1.54, 1.807) is 0 Å². The summed E-state index contributed by atoms with van der Waals surface area (Å²) in [5.74, 6) is -1.26. The van der Waals surface area contributed by atoms with Crippen LogP contribution in [0, 0.1) is 0 Å². The molecule has 0 unspecified atom stereocenters. The number of nitrogens with zero attached hydrogens (tertiary/aromatic N) is 2. The molecule has 7 aromatic carbocycles. The maximum Gasteiger partial charge on any atom is 0.347 e. The van der Waals surface area contributed by atoms with Gasteiger partial charge in [0.05, 0.1) is 11.1 Å². The number of hydrogen-bond acceptors (Lipinski definition) is 5. The highest BCUT2D eigenvalue weighted by atomic mass is 16.6. The molecule has 5 nitrogen and oxygen atoms in total. The molecule has 0 spiro atoms. The number of para-hydroxylation sites is 4. The van der Waals surface area contributed by atoms with Gasteiger partial charge in [0.15, 0.2) is 0 Å². The zero-order valence-corrected chi connectivity index (χ0v) is 26.4. The minimum Gasteiger partial charge on any atom is -0.386 e. The number of esters is 2. The molecule has 0 N–H and O–H groups in total. The highest BCUT2D eigenvalue weighted by molar-refractivity contribution is 6.21. The monoisotopic (exact) mass is 634 g/mol. The zero-order valence-electron chi connectivity index (χ0n) is 26.4. The van der Waals surface area contributed by atoms with Crippen molar-refractivity contribution in [2.45, 2.75) is 0 Å². The minimum atomic E-state index is -0.632. The van der Waals surface area contributed by atoms with Gasteiger partial charge in [0.25, 0.3) is 0 Å². The summed E-state index contributed by atoms with van der Waals surface area (Å²) >= 11 is 0. The molecule has 1 aliphatic rings. The number of hydrogen-bond donors (Lipinski definition) is 0. The summed E-state index contributed by atoms with van der Waals surface area (Å²) in [6.45, 7) is 0. The molecule has 0 amide bonds. The summed E-state index contributed by atoms with van der Waals surface area (Å²) in [6, 6.07) is 60.6. The third-order valence-corrected chi connectivity index (χ3v) is 8.73. The maximum atomic E-state index is 13.2. The fourth-order valence-electron chi connectivity index (χ4n) is 6.48. The van der Waals surface area contributed by atoms with Crippen LogP contribution in [0.2, 0.25) is 0 Å². The number of carbonyl (C=O) groups excluding carboxylic acids is 2. The van der Waals surface area contributed by atoms with Gasteiger partial charge in [0.2, 0.25) is 0 Å². The average molecular weight is 635 g/mol. The highest BCUT2D eigenvalue weighted by Gasteiger charge is 2.35. The third-order valence-electron chi connectivity index (χ3n) is 8.73. The quantitative estimate of drug-likeness (QED) is 0.123. The van der Waals surface area contributed by atoms with Gasteiger partial charge in [0.1, 0.15) is 0 Å². The Labute approximate surface area is 284 Å². The Bertz CT molecular complexity index is 2010. The lowest BCUT2D eigenvalue weighted by Gasteiger charge is -2.25. The first-order chi connectivity index (χ1) is 24.2. The lowest BCUT2D eigenvalue weighted by atomic mass is 9.90. The number of rotatable bonds is 8. The van der Waals surface area contributed by atoms with Gasteiger partial charge in [-0.15, -0.1) is 0 Å². The van der Waals surface area contributed by atoms with E-state index in [4.69, 9.17) is 4.74 Å². The van der Waals surface area contributed by atoms with Crippen molar-refractivity contribution in [3.8, 4) is 22.3 Å². The molecule has 0 atom stereocenters. The summed E-state index contributed by atoms with van der Waals surface area (Å²) in [6.07, 6.45) is 0. The summed E-state index contributed by atoms with van der Waals surface area (Å²) in [5, 5.41) is 0. The van der Waals surface area contributed by atoms with Crippen LogP contribution < -0.4 is 9.80 Å². The van der Waals surface area contributed by atoms with Crippen molar-refractivity contribution < 1.29 is 14.3 Å². The molecule has 0 radical (unpaired) electrons. The topological polar surface area (TPSA) is 49.9 Å². The van der Waals surface area contributed by atoms with Crippen LogP contribution in [-0.2, 0) is 4.74 Å². The molecule has 5 heteroatoms. The van der Waals surface area contributed by atoms with E-state index >= 15 is 0 Å². The van der Waals surface area contributed by atoms with Gasteiger partial charge >= 0.3 is 11.9 Å². The number of ether oxygens (including phenoxy) is 1. The normalized spacial score (nSPS) is 11.9. The molecule has 0 aromatic heterocycles. The van der Waals surface area contributed by atoms with Gasteiger partial charge < -0.3 is 14.5 Å². The predicted octanol–water partition coefficient (Wildman–Crippen LogP) is 11.3. The smallest absolute Gasteiger partial charge is 0.347 e. The largest absolute Gasteiger partial charge is 0.386 e. The minimum absolute atomic E-state index is 0.289. The molecule has 234 valence electrons. The van der Waals surface area contributed by atoms with E-state index in [-0.39, 0.29) is 11.1 Å². The Kier molecular flexibility index (Phi) is 7.76. The van der Waals surface area contributed by atoms with Crippen LogP contribution in [0.5, 0.6) is 0 Å². The maximum absolute atomic E-state index is 13.2. The summed E-state index contributed by atoms with van der Waals surface area (Å²) in [4.78, 5) is 30.7. The van der Waals surface area contributed by atoms with E-state index < -0.39 is 11.9 Å². The Balaban J connectivity index is 1.16. The van der Waals surface area contributed by atoms with Gasteiger partial charge in [-0.2, -0.15) is 0 Å². The summed E-state index contributed by atoms with van der Waals surface area (Å²) in [5.41, 5.74) is 9.57. The predicted molar refractivity (Wildman–Crippen MR) is 196 cm³/mol. The number of anilines is 6. The van der Waals surface area contributed by atoms with Crippen LogP contribution >= 0.6 is 0 Å². The molecule has 0 fully saturated rings. The standard InChI is InChI=1S/C44H30N2O3/c47-43-41-39(31-21-25-37(26-22-31)45(33-13-5-1-6-14-33)34-15-7-2-8-16-34)29-30-40(42(41)44(48)49-43)32-23-27-38(28-24-32)46(35-17-9-3-10-18-35)36-19-11-4-12-20-36/h1-30H. The van der Waals surface area contributed by atoms with E-state index in [1.165, 1.54) is 0 Å².